The Bertz CT molecular complexity index is 683. The Kier molecular flexibility index (Phi) is 4.15. The Morgan fingerprint density at radius 2 is 1.73 bits per heavy atom. The molecule has 1 amide bonds. The van der Waals surface area contributed by atoms with Crippen LogP contribution in [0, 0.1) is 11.6 Å². The monoisotopic (exact) mass is 302 g/mol. The molecule has 0 radical (unpaired) electrons. The number of nitrogens with one attached hydrogen (secondary N) is 1. The molecule has 0 saturated heterocycles. The first-order valence-electron chi connectivity index (χ1n) is 7.16. The van der Waals surface area contributed by atoms with Gasteiger partial charge in [0.05, 0.1) is 6.54 Å². The summed E-state index contributed by atoms with van der Waals surface area (Å²) in [5.41, 5.74) is 2.10. The lowest BCUT2D eigenvalue weighted by Gasteiger charge is -2.28. The molecule has 114 valence electrons. The second-order valence-electron chi connectivity index (χ2n) is 5.37. The fourth-order valence-corrected chi connectivity index (χ4v) is 2.69. The van der Waals surface area contributed by atoms with Crippen molar-refractivity contribution in [3.63, 3.8) is 0 Å². The molecule has 1 aliphatic heterocycles. The number of carbonyl (C=O) groups is 1. The third kappa shape index (κ3) is 3.14. The normalized spacial score (nSPS) is 14.5. The highest BCUT2D eigenvalue weighted by molar-refractivity contribution is 5.92. The molecule has 22 heavy (non-hydrogen) atoms. The molecular formula is C17H16F2N2O. The van der Waals surface area contributed by atoms with Crippen molar-refractivity contribution in [3.8, 4) is 0 Å². The van der Waals surface area contributed by atoms with Crippen LogP contribution in [0.2, 0.25) is 0 Å². The van der Waals surface area contributed by atoms with Gasteiger partial charge in [-0.05, 0) is 29.7 Å². The van der Waals surface area contributed by atoms with E-state index in [0.29, 0.717) is 6.54 Å². The van der Waals surface area contributed by atoms with Crippen LogP contribution in [0.25, 0.3) is 0 Å². The number of para-hydroxylation sites is 1. The van der Waals surface area contributed by atoms with Crippen LogP contribution in [0.15, 0.2) is 42.5 Å². The maximum atomic E-state index is 13.5. The van der Waals surface area contributed by atoms with Gasteiger partial charge >= 0.3 is 0 Å². The number of hydrogen-bond donors (Lipinski definition) is 1. The lowest BCUT2D eigenvalue weighted by molar-refractivity contribution is -0.117. The van der Waals surface area contributed by atoms with Crippen molar-refractivity contribution < 1.29 is 13.6 Å². The highest BCUT2D eigenvalue weighted by Crippen LogP contribution is 2.20. The lowest BCUT2D eigenvalue weighted by Crippen LogP contribution is -2.37. The summed E-state index contributed by atoms with van der Waals surface area (Å²) < 4.78 is 27.0. The molecule has 2 aromatic rings. The summed E-state index contributed by atoms with van der Waals surface area (Å²) in [7, 11) is 0. The first-order chi connectivity index (χ1) is 10.6. The molecule has 0 saturated carbocycles. The van der Waals surface area contributed by atoms with Gasteiger partial charge < -0.3 is 5.32 Å². The van der Waals surface area contributed by atoms with E-state index in [1.807, 2.05) is 23.1 Å². The average molecular weight is 302 g/mol. The molecule has 3 nitrogen and oxygen atoms in total. The van der Waals surface area contributed by atoms with Crippen molar-refractivity contribution in [2.24, 2.45) is 0 Å². The van der Waals surface area contributed by atoms with Crippen LogP contribution in [0.1, 0.15) is 11.1 Å². The molecule has 3 rings (SSSR count). The number of hydrogen-bond acceptors (Lipinski definition) is 2. The number of halogens is 2. The van der Waals surface area contributed by atoms with Gasteiger partial charge in [-0.2, -0.15) is 0 Å². The Labute approximate surface area is 127 Å². The van der Waals surface area contributed by atoms with Gasteiger partial charge in [-0.25, -0.2) is 8.78 Å². The van der Waals surface area contributed by atoms with Crippen LogP contribution in [0.5, 0.6) is 0 Å². The number of fused-ring (bicyclic) bond motifs is 1. The summed E-state index contributed by atoms with van der Waals surface area (Å²) in [5.74, 6) is -1.95. The van der Waals surface area contributed by atoms with Crippen molar-refractivity contribution in [1.29, 1.82) is 0 Å². The van der Waals surface area contributed by atoms with Crippen LogP contribution in [0.3, 0.4) is 0 Å². The first kappa shape index (κ1) is 14.7. The maximum absolute atomic E-state index is 13.5. The van der Waals surface area contributed by atoms with Crippen LogP contribution < -0.4 is 5.32 Å². The topological polar surface area (TPSA) is 32.3 Å². The highest BCUT2D eigenvalue weighted by Gasteiger charge is 2.19. The fraction of sp³-hybridized carbons (Fsp3) is 0.235. The van der Waals surface area contributed by atoms with E-state index < -0.39 is 17.5 Å². The summed E-state index contributed by atoms with van der Waals surface area (Å²) in [6.45, 7) is 1.54. The van der Waals surface area contributed by atoms with E-state index in [2.05, 4.69) is 11.4 Å². The lowest BCUT2D eigenvalue weighted by atomic mass is 10.00. The number of amides is 1. The Balaban J connectivity index is 1.64. The molecular weight excluding hydrogens is 286 g/mol. The predicted molar refractivity (Wildman–Crippen MR) is 80.4 cm³/mol. The van der Waals surface area contributed by atoms with E-state index in [1.54, 1.807) is 0 Å². The molecule has 1 heterocycles. The number of nitrogens with zero attached hydrogens (tertiary/aromatic N) is 1. The smallest absolute Gasteiger partial charge is 0.238 e. The molecule has 2 aromatic carbocycles. The average Bonchev–Trinajstić information content (AvgIpc) is 2.51. The zero-order chi connectivity index (χ0) is 15.5. The molecule has 1 aliphatic rings. The Morgan fingerprint density at radius 1 is 1.05 bits per heavy atom. The summed E-state index contributed by atoms with van der Waals surface area (Å²) in [5, 5.41) is 2.32. The molecule has 0 bridgehead atoms. The zero-order valence-corrected chi connectivity index (χ0v) is 12.0. The third-order valence-corrected chi connectivity index (χ3v) is 3.80. The second-order valence-corrected chi connectivity index (χ2v) is 5.37. The van der Waals surface area contributed by atoms with Crippen LogP contribution >= 0.6 is 0 Å². The minimum Gasteiger partial charge on any atom is -0.320 e. The predicted octanol–water partition coefficient (Wildman–Crippen LogP) is 2.96. The summed E-state index contributed by atoms with van der Waals surface area (Å²) >= 11 is 0. The number of benzene rings is 2. The summed E-state index contributed by atoms with van der Waals surface area (Å²) in [6, 6.07) is 11.6. The number of anilines is 1. The molecule has 0 spiro atoms. The van der Waals surface area contributed by atoms with Gasteiger partial charge in [-0.3, -0.25) is 9.69 Å². The fourth-order valence-electron chi connectivity index (χ4n) is 2.69. The van der Waals surface area contributed by atoms with Crippen molar-refractivity contribution in [2.75, 3.05) is 18.4 Å². The SMILES string of the molecule is O=C(CN1CCc2ccccc2C1)Nc1c(F)cccc1F. The largest absolute Gasteiger partial charge is 0.320 e. The minimum absolute atomic E-state index is 0.113. The van der Waals surface area contributed by atoms with Gasteiger partial charge in [-0.15, -0.1) is 0 Å². The van der Waals surface area contributed by atoms with Gasteiger partial charge in [0, 0.05) is 13.1 Å². The van der Waals surface area contributed by atoms with Gasteiger partial charge in [0.2, 0.25) is 5.91 Å². The summed E-state index contributed by atoms with van der Waals surface area (Å²) in [6.07, 6.45) is 0.873. The molecule has 1 N–H and O–H groups in total. The quantitative estimate of drug-likeness (QED) is 0.945. The van der Waals surface area contributed by atoms with Gasteiger partial charge in [0.1, 0.15) is 17.3 Å². The van der Waals surface area contributed by atoms with Crippen molar-refractivity contribution in [3.05, 3.63) is 65.2 Å². The van der Waals surface area contributed by atoms with E-state index in [0.717, 1.165) is 25.1 Å². The molecule has 0 fully saturated rings. The van der Waals surface area contributed by atoms with Gasteiger partial charge in [-0.1, -0.05) is 30.3 Å². The van der Waals surface area contributed by atoms with Crippen molar-refractivity contribution in [2.45, 2.75) is 13.0 Å². The van der Waals surface area contributed by atoms with Crippen LogP contribution in [-0.4, -0.2) is 23.9 Å². The summed E-state index contributed by atoms with van der Waals surface area (Å²) in [4.78, 5) is 14.0. The maximum Gasteiger partial charge on any atom is 0.238 e. The molecule has 0 unspecified atom stereocenters. The number of carbonyl (C=O) groups excluding carboxylic acids is 1. The Hall–Kier alpha value is -2.27. The molecule has 0 aliphatic carbocycles. The Morgan fingerprint density at radius 3 is 2.45 bits per heavy atom. The van der Waals surface area contributed by atoms with Gasteiger partial charge in [0.15, 0.2) is 0 Å². The van der Waals surface area contributed by atoms with Crippen LogP contribution in [-0.2, 0) is 17.8 Å². The molecule has 5 heteroatoms. The van der Waals surface area contributed by atoms with Crippen molar-refractivity contribution in [1.82, 2.24) is 4.90 Å². The van der Waals surface area contributed by atoms with Crippen molar-refractivity contribution >= 4 is 11.6 Å². The van der Waals surface area contributed by atoms with Crippen LogP contribution in [0.4, 0.5) is 14.5 Å². The van der Waals surface area contributed by atoms with E-state index in [-0.39, 0.29) is 12.2 Å². The van der Waals surface area contributed by atoms with Gasteiger partial charge in [0.25, 0.3) is 0 Å². The van der Waals surface area contributed by atoms with E-state index in [4.69, 9.17) is 0 Å². The standard InChI is InChI=1S/C17H16F2N2O/c18-14-6-3-7-15(19)17(14)20-16(22)11-21-9-8-12-4-1-2-5-13(12)10-21/h1-7H,8-11H2,(H,20,22). The first-order valence-corrected chi connectivity index (χ1v) is 7.16. The number of rotatable bonds is 3. The second kappa shape index (κ2) is 6.23. The zero-order valence-electron chi connectivity index (χ0n) is 12.0. The van der Waals surface area contributed by atoms with E-state index in [1.165, 1.54) is 17.2 Å². The highest BCUT2D eigenvalue weighted by atomic mass is 19.1. The molecule has 0 atom stereocenters. The molecule has 0 aromatic heterocycles. The van der Waals surface area contributed by atoms with E-state index >= 15 is 0 Å². The third-order valence-electron chi connectivity index (χ3n) is 3.80. The minimum atomic E-state index is -0.766. The van der Waals surface area contributed by atoms with E-state index in [9.17, 15) is 13.6 Å².